The number of ether oxygens (including phenoxy) is 1. The van der Waals surface area contributed by atoms with Gasteiger partial charge in [0, 0.05) is 42.6 Å². The Kier molecular flexibility index (Phi) is 6.32. The summed E-state index contributed by atoms with van der Waals surface area (Å²) >= 11 is 6.56. The minimum absolute atomic E-state index is 0.119. The van der Waals surface area contributed by atoms with Gasteiger partial charge in [-0.25, -0.2) is 9.37 Å². The fourth-order valence-corrected chi connectivity index (χ4v) is 4.37. The van der Waals surface area contributed by atoms with E-state index in [1.165, 1.54) is 0 Å². The molecular weight excluding hydrogens is 433 g/mol. The maximum absolute atomic E-state index is 13.9. The molecule has 1 aromatic carbocycles. The van der Waals surface area contributed by atoms with Crippen molar-refractivity contribution in [3.8, 4) is 5.75 Å². The molecule has 0 aliphatic carbocycles. The van der Waals surface area contributed by atoms with E-state index < -0.39 is 5.82 Å². The second kappa shape index (κ2) is 9.16. The minimum atomic E-state index is -0.519. The van der Waals surface area contributed by atoms with Crippen LogP contribution in [-0.4, -0.2) is 45.5 Å². The van der Waals surface area contributed by atoms with Gasteiger partial charge in [-0.05, 0) is 43.5 Å². The molecule has 3 aromatic rings. The van der Waals surface area contributed by atoms with Crippen molar-refractivity contribution >= 4 is 23.5 Å². The summed E-state index contributed by atoms with van der Waals surface area (Å²) in [5.41, 5.74) is 2.92. The summed E-state index contributed by atoms with van der Waals surface area (Å²) in [5.74, 6) is 0.231. The highest BCUT2D eigenvalue weighted by Gasteiger charge is 2.31. The second-order valence-corrected chi connectivity index (χ2v) is 8.04. The number of nitrogens with one attached hydrogen (secondary N) is 1. The Hall–Kier alpha value is -3.13. The van der Waals surface area contributed by atoms with Gasteiger partial charge in [-0.15, -0.1) is 0 Å². The molecule has 3 heterocycles. The second-order valence-electron chi connectivity index (χ2n) is 7.63. The third-order valence-corrected chi connectivity index (χ3v) is 6.02. The van der Waals surface area contributed by atoms with E-state index in [1.54, 1.807) is 24.1 Å². The number of amides is 1. The predicted octanol–water partition coefficient (Wildman–Crippen LogP) is 4.32. The zero-order valence-electron chi connectivity index (χ0n) is 18.2. The van der Waals surface area contributed by atoms with Gasteiger partial charge in [-0.3, -0.25) is 9.78 Å². The lowest BCUT2D eigenvalue weighted by Gasteiger charge is -2.34. The number of hydrogen-bond donors (Lipinski definition) is 1. The van der Waals surface area contributed by atoms with Crippen LogP contribution in [0.3, 0.4) is 0 Å². The SMILES string of the molecule is CCOc1cc(C(C)N2CCc3c(Cl)cc(Cn4ccnc4NC)cc3C2=O)ncc1F. The number of anilines is 1. The molecular formula is C23H25ClFN5O2. The Morgan fingerprint density at radius 3 is 2.88 bits per heavy atom. The van der Waals surface area contributed by atoms with Crippen LogP contribution in [0, 0.1) is 5.82 Å². The molecule has 32 heavy (non-hydrogen) atoms. The van der Waals surface area contributed by atoms with Gasteiger partial charge in [-0.1, -0.05) is 11.6 Å². The van der Waals surface area contributed by atoms with Gasteiger partial charge in [0.2, 0.25) is 5.95 Å². The molecule has 168 valence electrons. The van der Waals surface area contributed by atoms with Crippen LogP contribution in [0.2, 0.25) is 5.02 Å². The zero-order chi connectivity index (χ0) is 22.8. The lowest BCUT2D eigenvalue weighted by molar-refractivity contribution is 0.0668. The summed E-state index contributed by atoms with van der Waals surface area (Å²) in [6, 6.07) is 5.02. The van der Waals surface area contributed by atoms with Crippen LogP contribution in [0.15, 0.2) is 36.8 Å². The first-order chi connectivity index (χ1) is 15.4. The summed E-state index contributed by atoms with van der Waals surface area (Å²) in [6.07, 6.45) is 5.35. The van der Waals surface area contributed by atoms with E-state index in [9.17, 15) is 9.18 Å². The van der Waals surface area contributed by atoms with Crippen LogP contribution in [0.1, 0.15) is 47.1 Å². The molecule has 1 atom stereocenters. The molecule has 1 unspecified atom stereocenters. The summed E-state index contributed by atoms with van der Waals surface area (Å²) in [5, 5.41) is 3.62. The van der Waals surface area contributed by atoms with E-state index in [4.69, 9.17) is 16.3 Å². The third kappa shape index (κ3) is 4.14. The normalized spacial score (nSPS) is 14.3. The predicted molar refractivity (Wildman–Crippen MR) is 121 cm³/mol. The number of aromatic nitrogens is 3. The van der Waals surface area contributed by atoms with E-state index in [1.807, 2.05) is 36.9 Å². The number of imidazole rings is 1. The van der Waals surface area contributed by atoms with E-state index in [0.717, 1.165) is 23.3 Å². The Labute approximate surface area is 191 Å². The van der Waals surface area contributed by atoms with Crippen molar-refractivity contribution < 1.29 is 13.9 Å². The van der Waals surface area contributed by atoms with E-state index in [2.05, 4.69) is 15.3 Å². The van der Waals surface area contributed by atoms with Crippen molar-refractivity contribution in [3.05, 3.63) is 70.0 Å². The van der Waals surface area contributed by atoms with Crippen molar-refractivity contribution in [2.75, 3.05) is 25.5 Å². The molecule has 0 spiro atoms. The van der Waals surface area contributed by atoms with Gasteiger partial charge in [-0.2, -0.15) is 0 Å². The van der Waals surface area contributed by atoms with Gasteiger partial charge in [0.05, 0.1) is 31.1 Å². The fraction of sp³-hybridized carbons (Fsp3) is 0.348. The molecule has 9 heteroatoms. The smallest absolute Gasteiger partial charge is 0.254 e. The summed E-state index contributed by atoms with van der Waals surface area (Å²) in [6.45, 7) is 5.05. The van der Waals surface area contributed by atoms with Crippen molar-refractivity contribution in [2.45, 2.75) is 32.9 Å². The molecule has 0 fully saturated rings. The first-order valence-electron chi connectivity index (χ1n) is 10.5. The highest BCUT2D eigenvalue weighted by Crippen LogP contribution is 2.33. The standard InChI is InChI=1S/C23H25ClFN5O2/c1-4-32-21-11-20(28-12-19(21)25)14(2)30-7-5-16-17(22(30)31)9-15(10-18(16)24)13-29-8-6-27-23(29)26-3/h6,8-12,14H,4-5,7,13H2,1-3H3,(H,26,27). The first-order valence-corrected chi connectivity index (χ1v) is 10.9. The summed E-state index contributed by atoms with van der Waals surface area (Å²) in [4.78, 5) is 23.6. The van der Waals surface area contributed by atoms with Gasteiger partial charge >= 0.3 is 0 Å². The van der Waals surface area contributed by atoms with Crippen LogP contribution in [0.4, 0.5) is 10.3 Å². The molecule has 1 amide bonds. The number of fused-ring (bicyclic) bond motifs is 1. The highest BCUT2D eigenvalue weighted by molar-refractivity contribution is 6.32. The van der Waals surface area contributed by atoms with Crippen molar-refractivity contribution in [3.63, 3.8) is 0 Å². The van der Waals surface area contributed by atoms with Crippen LogP contribution >= 0.6 is 11.6 Å². The molecule has 1 N–H and O–H groups in total. The molecule has 2 aromatic heterocycles. The number of carbonyl (C=O) groups is 1. The van der Waals surface area contributed by atoms with E-state index in [-0.39, 0.29) is 17.7 Å². The maximum Gasteiger partial charge on any atom is 0.254 e. The maximum atomic E-state index is 13.9. The third-order valence-electron chi connectivity index (χ3n) is 5.68. The number of nitrogens with zero attached hydrogens (tertiary/aromatic N) is 4. The molecule has 0 bridgehead atoms. The molecule has 0 saturated carbocycles. The number of hydrogen-bond acceptors (Lipinski definition) is 5. The Morgan fingerprint density at radius 1 is 1.31 bits per heavy atom. The van der Waals surface area contributed by atoms with Crippen LogP contribution in [0.5, 0.6) is 5.75 Å². The average molecular weight is 458 g/mol. The fourth-order valence-electron chi connectivity index (χ4n) is 4.04. The van der Waals surface area contributed by atoms with Crippen molar-refractivity contribution in [1.29, 1.82) is 0 Å². The number of carbonyl (C=O) groups excluding carboxylic acids is 1. The largest absolute Gasteiger partial charge is 0.491 e. The molecule has 7 nitrogen and oxygen atoms in total. The van der Waals surface area contributed by atoms with E-state index >= 15 is 0 Å². The number of pyridine rings is 1. The molecule has 1 aliphatic rings. The first kappa shape index (κ1) is 22.1. The summed E-state index contributed by atoms with van der Waals surface area (Å²) < 4.78 is 21.2. The summed E-state index contributed by atoms with van der Waals surface area (Å²) in [7, 11) is 1.81. The number of benzene rings is 1. The van der Waals surface area contributed by atoms with Crippen molar-refractivity contribution in [1.82, 2.24) is 19.4 Å². The minimum Gasteiger partial charge on any atom is -0.491 e. The van der Waals surface area contributed by atoms with Crippen LogP contribution in [0.25, 0.3) is 0 Å². The van der Waals surface area contributed by atoms with Gasteiger partial charge < -0.3 is 19.5 Å². The Balaban J connectivity index is 1.62. The molecule has 4 rings (SSSR count). The van der Waals surface area contributed by atoms with Gasteiger partial charge in [0.15, 0.2) is 11.6 Å². The number of halogens is 2. The molecule has 0 saturated heterocycles. The van der Waals surface area contributed by atoms with Gasteiger partial charge in [0.25, 0.3) is 5.91 Å². The number of rotatable bonds is 7. The molecule has 0 radical (unpaired) electrons. The quantitative estimate of drug-likeness (QED) is 0.572. The monoisotopic (exact) mass is 457 g/mol. The zero-order valence-corrected chi connectivity index (χ0v) is 19.0. The lowest BCUT2D eigenvalue weighted by atomic mass is 9.95. The average Bonchev–Trinajstić information content (AvgIpc) is 3.23. The van der Waals surface area contributed by atoms with Crippen molar-refractivity contribution in [2.24, 2.45) is 0 Å². The molecule has 1 aliphatic heterocycles. The Morgan fingerprint density at radius 2 is 2.12 bits per heavy atom. The Bertz CT molecular complexity index is 1150. The lowest BCUT2D eigenvalue weighted by Crippen LogP contribution is -2.40. The van der Waals surface area contributed by atoms with E-state index in [0.29, 0.717) is 42.4 Å². The highest BCUT2D eigenvalue weighted by atomic mass is 35.5. The van der Waals surface area contributed by atoms with Crippen LogP contribution in [-0.2, 0) is 13.0 Å². The van der Waals surface area contributed by atoms with Crippen LogP contribution < -0.4 is 10.1 Å². The van der Waals surface area contributed by atoms with Gasteiger partial charge in [0.1, 0.15) is 0 Å². The topological polar surface area (TPSA) is 72.3 Å².